The number of benzene rings is 4. The van der Waals surface area contributed by atoms with Gasteiger partial charge in [0.1, 0.15) is 18.0 Å². The minimum atomic E-state index is -0.369. The van der Waals surface area contributed by atoms with Gasteiger partial charge in [-0.15, -0.1) is 0 Å². The second-order valence-electron chi connectivity index (χ2n) is 9.31. The van der Waals surface area contributed by atoms with Gasteiger partial charge >= 0.3 is 0 Å². The molecule has 0 aliphatic rings. The molecule has 1 heterocycles. The van der Waals surface area contributed by atoms with Crippen LogP contribution in [-0.2, 0) is 11.3 Å². The van der Waals surface area contributed by atoms with Crippen LogP contribution in [0.4, 0.5) is 5.95 Å². The lowest BCUT2D eigenvalue weighted by atomic mass is 10.1. The lowest BCUT2D eigenvalue weighted by Crippen LogP contribution is -2.38. The smallest absolute Gasteiger partial charge is 0.254 e. The third-order valence-corrected chi connectivity index (χ3v) is 6.55. The van der Waals surface area contributed by atoms with E-state index in [-0.39, 0.29) is 24.9 Å². The Bertz CT molecular complexity index is 1600. The summed E-state index contributed by atoms with van der Waals surface area (Å²) in [7, 11) is 3.19. The number of aromatic nitrogens is 2. The van der Waals surface area contributed by atoms with Crippen LogP contribution in [0.3, 0.4) is 0 Å². The van der Waals surface area contributed by atoms with E-state index in [0.29, 0.717) is 23.0 Å². The lowest BCUT2D eigenvalue weighted by molar-refractivity contribution is -0.117. The molecular weight excluding hydrogens is 516 g/mol. The fraction of sp³-hybridized carbons (Fsp3) is 0.121. The molecule has 206 valence electrons. The van der Waals surface area contributed by atoms with Crippen LogP contribution in [0.1, 0.15) is 15.9 Å². The van der Waals surface area contributed by atoms with Crippen LogP contribution in [0.25, 0.3) is 16.9 Å². The van der Waals surface area contributed by atoms with Crippen molar-refractivity contribution in [3.8, 4) is 28.4 Å². The average molecular weight is 547 g/mol. The highest BCUT2D eigenvalue weighted by Crippen LogP contribution is 2.26. The quantitative estimate of drug-likeness (QED) is 0.238. The Morgan fingerprint density at radius 1 is 0.780 bits per heavy atom. The minimum absolute atomic E-state index is 0.167. The number of nitrogens with zero attached hydrogens (tertiary/aromatic N) is 3. The van der Waals surface area contributed by atoms with E-state index in [1.165, 1.54) is 4.90 Å². The summed E-state index contributed by atoms with van der Waals surface area (Å²) in [5.41, 5.74) is 3.76. The van der Waals surface area contributed by atoms with Crippen molar-refractivity contribution >= 4 is 17.8 Å². The molecule has 0 saturated heterocycles. The van der Waals surface area contributed by atoms with E-state index >= 15 is 0 Å². The van der Waals surface area contributed by atoms with E-state index in [4.69, 9.17) is 14.5 Å². The molecule has 1 N–H and O–H groups in total. The van der Waals surface area contributed by atoms with E-state index < -0.39 is 0 Å². The zero-order valence-corrected chi connectivity index (χ0v) is 22.9. The Balaban J connectivity index is 1.42. The first-order valence-electron chi connectivity index (χ1n) is 13.1. The van der Waals surface area contributed by atoms with Gasteiger partial charge < -0.3 is 14.4 Å². The van der Waals surface area contributed by atoms with E-state index in [9.17, 15) is 9.59 Å². The maximum atomic E-state index is 13.5. The number of carbonyl (C=O) groups is 2. The van der Waals surface area contributed by atoms with Crippen LogP contribution in [0.15, 0.2) is 115 Å². The summed E-state index contributed by atoms with van der Waals surface area (Å²) < 4.78 is 12.3. The summed E-state index contributed by atoms with van der Waals surface area (Å²) in [5, 5.41) is 2.94. The van der Waals surface area contributed by atoms with Crippen molar-refractivity contribution in [3.05, 3.63) is 127 Å². The zero-order chi connectivity index (χ0) is 28.6. The Labute approximate surface area is 238 Å². The molecular formula is C33H30N4O4. The monoisotopic (exact) mass is 546 g/mol. The molecule has 41 heavy (non-hydrogen) atoms. The van der Waals surface area contributed by atoms with Crippen molar-refractivity contribution in [1.29, 1.82) is 0 Å². The molecule has 0 radical (unpaired) electrons. The third kappa shape index (κ3) is 6.62. The van der Waals surface area contributed by atoms with Crippen LogP contribution in [-0.4, -0.2) is 47.0 Å². The molecule has 0 unspecified atom stereocenters. The highest BCUT2D eigenvalue weighted by molar-refractivity contribution is 5.99. The molecule has 8 nitrogen and oxygen atoms in total. The zero-order valence-electron chi connectivity index (χ0n) is 22.9. The number of hydrogen-bond donors (Lipinski definition) is 1. The predicted octanol–water partition coefficient (Wildman–Crippen LogP) is 5.84. The van der Waals surface area contributed by atoms with Crippen molar-refractivity contribution < 1.29 is 19.1 Å². The molecule has 0 bridgehead atoms. The van der Waals surface area contributed by atoms with Crippen molar-refractivity contribution in [2.24, 2.45) is 0 Å². The molecule has 0 atom stereocenters. The number of carbonyl (C=O) groups excluding carboxylic acids is 2. The fourth-order valence-corrected chi connectivity index (χ4v) is 4.41. The largest absolute Gasteiger partial charge is 0.497 e. The van der Waals surface area contributed by atoms with Crippen molar-refractivity contribution in [1.82, 2.24) is 14.5 Å². The van der Waals surface area contributed by atoms with Crippen LogP contribution in [0, 0.1) is 0 Å². The van der Waals surface area contributed by atoms with Gasteiger partial charge in [-0.3, -0.25) is 19.5 Å². The molecule has 0 aliphatic carbocycles. The van der Waals surface area contributed by atoms with Gasteiger partial charge in [0.25, 0.3) is 5.91 Å². The second-order valence-corrected chi connectivity index (χ2v) is 9.31. The van der Waals surface area contributed by atoms with Gasteiger partial charge in [-0.25, -0.2) is 4.98 Å². The summed E-state index contributed by atoms with van der Waals surface area (Å²) in [6, 6.07) is 33.6. The third-order valence-electron chi connectivity index (χ3n) is 6.55. The first-order chi connectivity index (χ1) is 20.0. The Morgan fingerprint density at radius 3 is 1.98 bits per heavy atom. The van der Waals surface area contributed by atoms with Crippen molar-refractivity contribution in [2.45, 2.75) is 6.54 Å². The number of anilines is 1. The van der Waals surface area contributed by atoms with Crippen molar-refractivity contribution in [2.75, 3.05) is 26.1 Å². The SMILES string of the molecule is COc1ccc(C(=O)N(CC(=O)Nc2nc(-c3ccc(OC)cc3)cn2-c2ccccc2)Cc2ccccc2)cc1. The van der Waals surface area contributed by atoms with E-state index in [1.807, 2.05) is 95.7 Å². The average Bonchev–Trinajstić information content (AvgIpc) is 3.45. The number of amides is 2. The standard InChI is InChI=1S/C33H30N4O4/c1-40-28-17-13-25(14-18-28)30-22-37(27-11-7-4-8-12-27)33(34-30)35-31(38)23-36(21-24-9-5-3-6-10-24)32(39)26-15-19-29(41-2)20-16-26/h3-20,22H,21,23H2,1-2H3,(H,34,35,38). The summed E-state index contributed by atoms with van der Waals surface area (Å²) in [4.78, 5) is 33.3. The number of ether oxygens (including phenoxy) is 2. The lowest BCUT2D eigenvalue weighted by Gasteiger charge is -2.22. The summed E-state index contributed by atoms with van der Waals surface area (Å²) in [6.45, 7) is 0.0998. The van der Waals surface area contributed by atoms with Crippen LogP contribution in [0.2, 0.25) is 0 Å². The van der Waals surface area contributed by atoms with E-state index in [2.05, 4.69) is 5.32 Å². The first-order valence-corrected chi connectivity index (χ1v) is 13.1. The molecule has 5 aromatic rings. The van der Waals surface area contributed by atoms with Gasteiger partial charge in [0.2, 0.25) is 11.9 Å². The van der Waals surface area contributed by atoms with Crippen LogP contribution >= 0.6 is 0 Å². The summed E-state index contributed by atoms with van der Waals surface area (Å²) >= 11 is 0. The molecule has 0 spiro atoms. The highest BCUT2D eigenvalue weighted by atomic mass is 16.5. The highest BCUT2D eigenvalue weighted by Gasteiger charge is 2.21. The van der Waals surface area contributed by atoms with Crippen molar-refractivity contribution in [3.63, 3.8) is 0 Å². The van der Waals surface area contributed by atoms with Gasteiger partial charge in [0.15, 0.2) is 0 Å². The van der Waals surface area contributed by atoms with Gasteiger partial charge in [-0.2, -0.15) is 0 Å². The maximum absolute atomic E-state index is 13.5. The molecule has 2 amide bonds. The second kappa shape index (κ2) is 12.7. The normalized spacial score (nSPS) is 10.6. The summed E-state index contributed by atoms with van der Waals surface area (Å²) in [5.74, 6) is 1.10. The molecule has 0 fully saturated rings. The van der Waals surface area contributed by atoms with Gasteiger partial charge in [-0.05, 0) is 66.2 Å². The molecule has 4 aromatic carbocycles. The Morgan fingerprint density at radius 2 is 1.37 bits per heavy atom. The molecule has 8 heteroatoms. The number of nitrogens with one attached hydrogen (secondary N) is 1. The first kappa shape index (κ1) is 27.2. The number of para-hydroxylation sites is 1. The predicted molar refractivity (Wildman–Crippen MR) is 158 cm³/mol. The number of imidazole rings is 1. The Kier molecular flexibility index (Phi) is 8.40. The molecule has 0 saturated carbocycles. The number of hydrogen-bond acceptors (Lipinski definition) is 5. The number of methoxy groups -OCH3 is 2. The topological polar surface area (TPSA) is 85.7 Å². The van der Waals surface area contributed by atoms with Gasteiger partial charge in [0, 0.05) is 29.6 Å². The fourth-order valence-electron chi connectivity index (χ4n) is 4.41. The molecule has 5 rings (SSSR count). The van der Waals surface area contributed by atoms with Crippen LogP contribution in [0.5, 0.6) is 11.5 Å². The number of rotatable bonds is 10. The van der Waals surface area contributed by atoms with Gasteiger partial charge in [0.05, 0.1) is 19.9 Å². The maximum Gasteiger partial charge on any atom is 0.254 e. The minimum Gasteiger partial charge on any atom is -0.497 e. The van der Waals surface area contributed by atoms with Crippen LogP contribution < -0.4 is 14.8 Å². The molecule has 0 aliphatic heterocycles. The Hall–Kier alpha value is -5.37. The van der Waals surface area contributed by atoms with E-state index in [0.717, 1.165) is 22.6 Å². The molecule has 1 aromatic heterocycles. The van der Waals surface area contributed by atoms with Gasteiger partial charge in [-0.1, -0.05) is 48.5 Å². The summed E-state index contributed by atoms with van der Waals surface area (Å²) in [6.07, 6.45) is 1.87. The van der Waals surface area contributed by atoms with E-state index in [1.54, 1.807) is 38.5 Å².